The standard InChI is InChI=1S/C9H8BrNO5.C8H6BrNO2.C6H4BrNO3.C3H5BrO2/c1-15-9(12)5-16-8-3-2-6(10)4-7(8)11(13)14;9-5-1-2-7-6(3-5)10-8(11)4-12-7;7-4-1-2-6(9)5(3-4)8(10)11;1-6-3(5)2-4/h2-4H,5H2,1H3;1-3H,4H2,(H,10,11);1-3,9H;2H2,1H3. The van der Waals surface area contributed by atoms with Crippen LogP contribution in [0.2, 0.25) is 0 Å². The number of aromatic hydroxyl groups is 1. The van der Waals surface area contributed by atoms with E-state index in [4.69, 9.17) is 14.6 Å². The molecule has 4 rings (SSSR count). The Morgan fingerprint density at radius 3 is 1.93 bits per heavy atom. The molecule has 2 N–H and O–H groups in total. The Hall–Kier alpha value is -3.81. The highest BCUT2D eigenvalue weighted by Gasteiger charge is 2.17. The number of carbonyl (C=O) groups is 3. The topological polar surface area (TPSA) is 207 Å². The van der Waals surface area contributed by atoms with Crippen molar-refractivity contribution >= 4 is 98.6 Å². The number of phenolic OH excluding ortho intramolecular Hbond substituents is 1. The molecule has 45 heavy (non-hydrogen) atoms. The summed E-state index contributed by atoms with van der Waals surface area (Å²) < 4.78 is 20.7. The number of hydrogen-bond donors (Lipinski definition) is 2. The Bertz CT molecular complexity index is 1520. The Labute approximate surface area is 289 Å². The summed E-state index contributed by atoms with van der Waals surface area (Å²) in [5.74, 6) is -0.526. The molecule has 0 spiro atoms. The van der Waals surface area contributed by atoms with Crippen LogP contribution < -0.4 is 14.8 Å². The van der Waals surface area contributed by atoms with Gasteiger partial charge in [0.05, 0.1) is 29.8 Å². The van der Waals surface area contributed by atoms with Crippen molar-refractivity contribution in [3.8, 4) is 17.2 Å². The molecular formula is C26H23Br4N3O12. The van der Waals surface area contributed by atoms with E-state index in [1.165, 1.54) is 44.6 Å². The molecular weight excluding hydrogens is 866 g/mol. The van der Waals surface area contributed by atoms with E-state index >= 15 is 0 Å². The molecule has 0 aromatic heterocycles. The van der Waals surface area contributed by atoms with E-state index in [9.17, 15) is 34.6 Å². The molecule has 1 aliphatic heterocycles. The van der Waals surface area contributed by atoms with E-state index in [1.807, 2.05) is 18.2 Å². The number of halogens is 4. The zero-order valence-electron chi connectivity index (χ0n) is 23.2. The van der Waals surface area contributed by atoms with Crippen molar-refractivity contribution in [3.05, 3.63) is 88.2 Å². The number of anilines is 1. The molecule has 0 bridgehead atoms. The number of nitro groups is 2. The summed E-state index contributed by atoms with van der Waals surface area (Å²) in [6.07, 6.45) is 0. The zero-order valence-corrected chi connectivity index (χ0v) is 29.5. The highest BCUT2D eigenvalue weighted by molar-refractivity contribution is 9.11. The van der Waals surface area contributed by atoms with Gasteiger partial charge in [-0.2, -0.15) is 0 Å². The van der Waals surface area contributed by atoms with Crippen molar-refractivity contribution in [1.29, 1.82) is 0 Å². The lowest BCUT2D eigenvalue weighted by Gasteiger charge is -2.17. The van der Waals surface area contributed by atoms with Crippen LogP contribution in [-0.4, -0.2) is 65.6 Å². The van der Waals surface area contributed by atoms with Crippen LogP contribution in [0.5, 0.6) is 17.2 Å². The summed E-state index contributed by atoms with van der Waals surface area (Å²) in [6, 6.07) is 13.8. The number of carbonyl (C=O) groups excluding carboxylic acids is 3. The van der Waals surface area contributed by atoms with Crippen LogP contribution in [0.25, 0.3) is 0 Å². The lowest BCUT2D eigenvalue weighted by atomic mass is 10.2. The number of nitro benzene ring substituents is 2. The number of phenols is 1. The first-order valence-electron chi connectivity index (χ1n) is 11.8. The first kappa shape index (κ1) is 39.2. The first-order valence-corrected chi connectivity index (χ1v) is 15.3. The van der Waals surface area contributed by atoms with Crippen LogP contribution in [0.15, 0.2) is 68.0 Å². The summed E-state index contributed by atoms with van der Waals surface area (Å²) in [6.45, 7) is -0.256. The largest absolute Gasteiger partial charge is 0.502 e. The molecule has 0 saturated heterocycles. The Morgan fingerprint density at radius 2 is 1.42 bits per heavy atom. The van der Waals surface area contributed by atoms with Crippen molar-refractivity contribution in [1.82, 2.24) is 0 Å². The minimum Gasteiger partial charge on any atom is -0.502 e. The smallest absolute Gasteiger partial charge is 0.343 e. The molecule has 15 nitrogen and oxygen atoms in total. The Morgan fingerprint density at radius 1 is 0.889 bits per heavy atom. The van der Waals surface area contributed by atoms with Crippen LogP contribution in [-0.2, 0) is 23.9 Å². The fourth-order valence-electron chi connectivity index (χ4n) is 2.70. The molecule has 3 aromatic carbocycles. The molecule has 1 aliphatic rings. The van der Waals surface area contributed by atoms with Gasteiger partial charge in [0.1, 0.15) is 11.1 Å². The van der Waals surface area contributed by atoms with Gasteiger partial charge in [0.2, 0.25) is 0 Å². The first-order chi connectivity index (χ1) is 21.2. The van der Waals surface area contributed by atoms with Gasteiger partial charge in [-0.15, -0.1) is 0 Å². The molecule has 1 heterocycles. The number of hydrogen-bond acceptors (Lipinski definition) is 12. The second kappa shape index (κ2) is 20.3. The van der Waals surface area contributed by atoms with Crippen LogP contribution in [0.4, 0.5) is 17.1 Å². The van der Waals surface area contributed by atoms with Gasteiger partial charge in [0.15, 0.2) is 24.7 Å². The molecule has 3 aromatic rings. The summed E-state index contributed by atoms with van der Waals surface area (Å²) in [5.41, 5.74) is 0.221. The maximum atomic E-state index is 10.9. The number of nitrogens with zero attached hydrogens (tertiary/aromatic N) is 2. The zero-order chi connectivity index (χ0) is 34.1. The minimum absolute atomic E-state index is 0.0265. The Balaban J connectivity index is 0.000000314. The third-order valence-electron chi connectivity index (χ3n) is 4.74. The van der Waals surface area contributed by atoms with Gasteiger partial charge in [0.25, 0.3) is 5.91 Å². The van der Waals surface area contributed by atoms with E-state index in [0.717, 1.165) is 15.9 Å². The molecule has 0 aliphatic carbocycles. The number of rotatable bonds is 6. The van der Waals surface area contributed by atoms with Gasteiger partial charge in [-0.05, 0) is 42.5 Å². The minimum atomic E-state index is -0.639. The van der Waals surface area contributed by atoms with E-state index < -0.39 is 15.8 Å². The van der Waals surface area contributed by atoms with Crippen molar-refractivity contribution in [3.63, 3.8) is 0 Å². The van der Waals surface area contributed by atoms with Gasteiger partial charge < -0.3 is 29.4 Å². The van der Waals surface area contributed by atoms with Crippen molar-refractivity contribution < 1.29 is 48.3 Å². The lowest BCUT2D eigenvalue weighted by Crippen LogP contribution is -2.25. The van der Waals surface area contributed by atoms with Crippen molar-refractivity contribution in [2.75, 3.05) is 38.1 Å². The number of amides is 1. The van der Waals surface area contributed by atoms with Crippen LogP contribution >= 0.6 is 63.7 Å². The SMILES string of the molecule is COC(=O)CBr.COC(=O)COc1ccc(Br)cc1[N+](=O)[O-].O=C1COc2ccc(Br)cc2N1.O=[N+]([O-])c1cc(Br)ccc1O. The average molecular weight is 889 g/mol. The predicted molar refractivity (Wildman–Crippen MR) is 175 cm³/mol. The lowest BCUT2D eigenvalue weighted by molar-refractivity contribution is -0.386. The van der Waals surface area contributed by atoms with Crippen molar-refractivity contribution in [2.24, 2.45) is 0 Å². The molecule has 0 unspecified atom stereocenters. The molecule has 0 fully saturated rings. The van der Waals surface area contributed by atoms with Gasteiger partial charge >= 0.3 is 23.3 Å². The van der Waals surface area contributed by atoms with E-state index in [0.29, 0.717) is 8.95 Å². The fraction of sp³-hybridized carbons (Fsp3) is 0.192. The number of alkyl halides is 1. The average Bonchev–Trinajstić information content (AvgIpc) is 3.01. The summed E-state index contributed by atoms with van der Waals surface area (Å²) in [4.78, 5) is 51.3. The quantitative estimate of drug-likeness (QED) is 0.121. The third-order valence-corrected chi connectivity index (χ3v) is 6.67. The third kappa shape index (κ3) is 14.7. The molecule has 19 heteroatoms. The van der Waals surface area contributed by atoms with E-state index in [1.54, 1.807) is 6.07 Å². The van der Waals surface area contributed by atoms with Crippen molar-refractivity contribution in [2.45, 2.75) is 0 Å². The predicted octanol–water partition coefficient (Wildman–Crippen LogP) is 6.31. The molecule has 1 amide bonds. The number of benzene rings is 3. The summed E-state index contributed by atoms with van der Waals surface area (Å²) in [5, 5.41) is 32.8. The van der Waals surface area contributed by atoms with E-state index in [2.05, 4.69) is 78.5 Å². The molecule has 0 saturated carbocycles. The summed E-state index contributed by atoms with van der Waals surface area (Å²) in [7, 11) is 2.56. The monoisotopic (exact) mass is 885 g/mol. The summed E-state index contributed by atoms with van der Waals surface area (Å²) >= 11 is 12.4. The fourth-order valence-corrected chi connectivity index (χ4v) is 3.99. The second-order valence-electron chi connectivity index (χ2n) is 7.81. The van der Waals surface area contributed by atoms with Crippen LogP contribution in [0.3, 0.4) is 0 Å². The molecule has 0 atom stereocenters. The van der Waals surface area contributed by atoms with Crippen LogP contribution in [0.1, 0.15) is 0 Å². The number of ether oxygens (including phenoxy) is 4. The highest BCUT2D eigenvalue weighted by Crippen LogP contribution is 2.31. The maximum absolute atomic E-state index is 10.9. The van der Waals surface area contributed by atoms with Gasteiger partial charge in [-0.1, -0.05) is 63.7 Å². The highest BCUT2D eigenvalue weighted by atomic mass is 79.9. The van der Waals surface area contributed by atoms with Crippen LogP contribution in [0, 0.1) is 20.2 Å². The number of nitrogens with one attached hydrogen (secondary N) is 1. The van der Waals surface area contributed by atoms with E-state index in [-0.39, 0.29) is 53.3 Å². The van der Waals surface area contributed by atoms with Gasteiger partial charge in [0, 0.05) is 25.6 Å². The number of esters is 2. The van der Waals surface area contributed by atoms with Gasteiger partial charge in [-0.25, -0.2) is 4.79 Å². The normalized spacial score (nSPS) is 10.7. The second-order valence-corrected chi connectivity index (χ2v) is 11.1. The number of methoxy groups -OCH3 is 2. The van der Waals surface area contributed by atoms with Gasteiger partial charge in [-0.3, -0.25) is 29.8 Å². The Kier molecular flexibility index (Phi) is 17.7. The number of fused-ring (bicyclic) bond motifs is 1. The molecule has 242 valence electrons. The maximum Gasteiger partial charge on any atom is 0.343 e. The molecule has 0 radical (unpaired) electrons.